The highest BCUT2D eigenvalue weighted by Gasteiger charge is 2.16. The zero-order valence-corrected chi connectivity index (χ0v) is 10.9. The van der Waals surface area contributed by atoms with Crippen molar-refractivity contribution in [1.29, 1.82) is 0 Å². The largest absolute Gasteiger partial charge is 0.465 e. The van der Waals surface area contributed by atoms with E-state index in [-0.39, 0.29) is 18.1 Å². The molecule has 1 aromatic carbocycles. The van der Waals surface area contributed by atoms with Crippen LogP contribution in [-0.4, -0.2) is 18.9 Å². The van der Waals surface area contributed by atoms with Gasteiger partial charge in [0.2, 0.25) is 0 Å². The van der Waals surface area contributed by atoms with Crippen molar-refractivity contribution in [3.8, 4) is 0 Å². The lowest BCUT2D eigenvalue weighted by Crippen LogP contribution is -2.14. The third kappa shape index (κ3) is 3.56. The first kappa shape index (κ1) is 13.7. The number of methoxy groups -OCH3 is 1. The van der Waals surface area contributed by atoms with Crippen LogP contribution in [0, 0.1) is 5.92 Å². The summed E-state index contributed by atoms with van der Waals surface area (Å²) in [6.45, 7) is 3.65. The average molecular weight is 255 g/mol. The van der Waals surface area contributed by atoms with E-state index in [1.165, 1.54) is 7.11 Å². The maximum absolute atomic E-state index is 11.7. The first-order valence-electron chi connectivity index (χ1n) is 5.35. The molecule has 17 heavy (non-hydrogen) atoms. The number of Topliss-reactive ketones (excluding diaryl/α,β-unsaturated/α-hetero) is 1. The second kappa shape index (κ2) is 5.82. The lowest BCUT2D eigenvalue weighted by molar-refractivity contribution is -0.121. The first-order chi connectivity index (χ1) is 7.95. The van der Waals surface area contributed by atoms with Crippen molar-refractivity contribution >= 4 is 23.4 Å². The molecule has 1 aromatic rings. The van der Waals surface area contributed by atoms with Gasteiger partial charge in [0.05, 0.1) is 12.7 Å². The van der Waals surface area contributed by atoms with Gasteiger partial charge in [0.15, 0.2) is 0 Å². The highest BCUT2D eigenvalue weighted by atomic mass is 35.5. The van der Waals surface area contributed by atoms with Gasteiger partial charge < -0.3 is 4.74 Å². The molecular weight excluding hydrogens is 240 g/mol. The van der Waals surface area contributed by atoms with Crippen LogP contribution in [0.3, 0.4) is 0 Å². The Labute approximate surface area is 106 Å². The fourth-order valence-electron chi connectivity index (χ4n) is 1.41. The Morgan fingerprint density at radius 3 is 2.53 bits per heavy atom. The van der Waals surface area contributed by atoms with Gasteiger partial charge in [-0.25, -0.2) is 4.79 Å². The van der Waals surface area contributed by atoms with Gasteiger partial charge in [0.25, 0.3) is 0 Å². The number of carbonyl (C=O) groups excluding carboxylic acids is 2. The van der Waals surface area contributed by atoms with Crippen molar-refractivity contribution in [2.75, 3.05) is 7.11 Å². The van der Waals surface area contributed by atoms with Crippen LogP contribution in [-0.2, 0) is 16.0 Å². The molecule has 0 saturated heterocycles. The number of hydrogen-bond acceptors (Lipinski definition) is 3. The van der Waals surface area contributed by atoms with Gasteiger partial charge >= 0.3 is 5.97 Å². The van der Waals surface area contributed by atoms with E-state index in [4.69, 9.17) is 11.6 Å². The van der Waals surface area contributed by atoms with E-state index < -0.39 is 5.97 Å². The van der Waals surface area contributed by atoms with Crippen LogP contribution in [0.15, 0.2) is 18.2 Å². The molecule has 0 N–H and O–H groups in total. The molecule has 92 valence electrons. The zero-order chi connectivity index (χ0) is 13.0. The smallest absolute Gasteiger partial charge is 0.338 e. The minimum Gasteiger partial charge on any atom is -0.465 e. The Bertz CT molecular complexity index is 438. The maximum Gasteiger partial charge on any atom is 0.338 e. The van der Waals surface area contributed by atoms with Crippen molar-refractivity contribution in [2.24, 2.45) is 5.92 Å². The van der Waals surface area contributed by atoms with E-state index in [1.807, 2.05) is 13.8 Å². The Balaban J connectivity index is 3.07. The van der Waals surface area contributed by atoms with Crippen LogP contribution in [0.1, 0.15) is 29.8 Å². The van der Waals surface area contributed by atoms with E-state index in [9.17, 15) is 9.59 Å². The maximum atomic E-state index is 11.7. The van der Waals surface area contributed by atoms with Crippen molar-refractivity contribution in [2.45, 2.75) is 20.3 Å². The third-order valence-electron chi connectivity index (χ3n) is 2.48. The zero-order valence-electron chi connectivity index (χ0n) is 10.1. The molecule has 1 rings (SSSR count). The van der Waals surface area contributed by atoms with Crippen molar-refractivity contribution in [3.05, 3.63) is 34.3 Å². The predicted molar refractivity (Wildman–Crippen MR) is 66.3 cm³/mol. The molecule has 3 nitrogen and oxygen atoms in total. The summed E-state index contributed by atoms with van der Waals surface area (Å²) in [5.41, 5.74) is 1.01. The molecule has 0 aliphatic rings. The van der Waals surface area contributed by atoms with E-state index >= 15 is 0 Å². The predicted octanol–water partition coefficient (Wildman–Crippen LogP) is 2.89. The van der Waals surface area contributed by atoms with E-state index in [1.54, 1.807) is 18.2 Å². The second-order valence-corrected chi connectivity index (χ2v) is 4.53. The monoisotopic (exact) mass is 254 g/mol. The van der Waals surface area contributed by atoms with Crippen LogP contribution in [0.4, 0.5) is 0 Å². The van der Waals surface area contributed by atoms with E-state index in [2.05, 4.69) is 4.74 Å². The molecular formula is C13H15ClO3. The van der Waals surface area contributed by atoms with Crippen molar-refractivity contribution in [3.63, 3.8) is 0 Å². The fraction of sp³-hybridized carbons (Fsp3) is 0.385. The summed E-state index contributed by atoms with van der Waals surface area (Å²) in [4.78, 5) is 23.2. The molecule has 0 bridgehead atoms. The molecule has 0 amide bonds. The standard InChI is InChI=1S/C13H15ClO3/c1-8(2)12(15)7-9-6-10(14)4-5-11(9)13(16)17-3/h4-6,8H,7H2,1-3H3. The lowest BCUT2D eigenvalue weighted by atomic mass is 9.97. The summed E-state index contributed by atoms with van der Waals surface area (Å²) in [5.74, 6) is -0.454. The van der Waals surface area contributed by atoms with Crippen LogP contribution in [0.25, 0.3) is 0 Å². The number of benzene rings is 1. The summed E-state index contributed by atoms with van der Waals surface area (Å²) < 4.78 is 4.67. The van der Waals surface area contributed by atoms with Crippen LogP contribution >= 0.6 is 11.6 Å². The molecule has 0 aliphatic carbocycles. The Morgan fingerprint density at radius 1 is 1.35 bits per heavy atom. The average Bonchev–Trinajstić information content (AvgIpc) is 2.28. The molecule has 0 heterocycles. The molecule has 0 radical (unpaired) electrons. The molecule has 0 saturated carbocycles. The molecule has 0 spiro atoms. The Morgan fingerprint density at radius 2 is 2.00 bits per heavy atom. The van der Waals surface area contributed by atoms with Gasteiger partial charge in [0.1, 0.15) is 5.78 Å². The minimum atomic E-state index is -0.451. The number of rotatable bonds is 4. The number of ether oxygens (including phenoxy) is 1. The third-order valence-corrected chi connectivity index (χ3v) is 2.72. The Hall–Kier alpha value is -1.35. The number of carbonyl (C=O) groups is 2. The van der Waals surface area contributed by atoms with Crippen LogP contribution in [0.2, 0.25) is 5.02 Å². The normalized spacial score (nSPS) is 10.4. The molecule has 0 fully saturated rings. The minimum absolute atomic E-state index is 0.0671. The summed E-state index contributed by atoms with van der Waals surface area (Å²) in [7, 11) is 1.31. The van der Waals surface area contributed by atoms with Gasteiger partial charge in [-0.2, -0.15) is 0 Å². The number of esters is 1. The summed E-state index contributed by atoms with van der Waals surface area (Å²) in [5, 5.41) is 0.504. The molecule has 0 unspecified atom stereocenters. The van der Waals surface area contributed by atoms with Gasteiger partial charge in [-0.15, -0.1) is 0 Å². The summed E-state index contributed by atoms with van der Waals surface area (Å²) >= 11 is 5.86. The highest BCUT2D eigenvalue weighted by Crippen LogP contribution is 2.19. The van der Waals surface area contributed by atoms with Gasteiger partial charge in [-0.1, -0.05) is 25.4 Å². The van der Waals surface area contributed by atoms with Crippen LogP contribution < -0.4 is 0 Å². The number of halogens is 1. The fourth-order valence-corrected chi connectivity index (χ4v) is 1.60. The number of ketones is 1. The molecule has 0 aliphatic heterocycles. The summed E-state index contributed by atoms with van der Waals surface area (Å²) in [6, 6.07) is 4.82. The molecule has 0 atom stereocenters. The van der Waals surface area contributed by atoms with E-state index in [0.717, 1.165) is 0 Å². The second-order valence-electron chi connectivity index (χ2n) is 4.09. The van der Waals surface area contributed by atoms with Crippen molar-refractivity contribution < 1.29 is 14.3 Å². The quantitative estimate of drug-likeness (QED) is 0.776. The van der Waals surface area contributed by atoms with Crippen LogP contribution in [0.5, 0.6) is 0 Å². The molecule has 0 aromatic heterocycles. The van der Waals surface area contributed by atoms with Gasteiger partial charge in [-0.3, -0.25) is 4.79 Å². The molecule has 4 heteroatoms. The van der Waals surface area contributed by atoms with Gasteiger partial charge in [0, 0.05) is 17.4 Å². The van der Waals surface area contributed by atoms with Crippen molar-refractivity contribution in [1.82, 2.24) is 0 Å². The van der Waals surface area contributed by atoms with E-state index in [0.29, 0.717) is 16.1 Å². The summed E-state index contributed by atoms with van der Waals surface area (Å²) in [6.07, 6.45) is 0.197. The lowest BCUT2D eigenvalue weighted by Gasteiger charge is -2.09. The Kier molecular flexibility index (Phi) is 4.70. The topological polar surface area (TPSA) is 43.4 Å². The number of hydrogen-bond donors (Lipinski definition) is 0. The van der Waals surface area contributed by atoms with Gasteiger partial charge in [-0.05, 0) is 23.8 Å². The highest BCUT2D eigenvalue weighted by molar-refractivity contribution is 6.30. The first-order valence-corrected chi connectivity index (χ1v) is 5.73. The SMILES string of the molecule is COC(=O)c1ccc(Cl)cc1CC(=O)C(C)C.